The molecule has 116 valence electrons. The molecule has 0 radical (unpaired) electrons. The topological polar surface area (TPSA) is 75.4 Å². The van der Waals surface area contributed by atoms with Gasteiger partial charge in [0.1, 0.15) is 0 Å². The minimum atomic E-state index is -0.236. The van der Waals surface area contributed by atoms with Crippen LogP contribution in [0.15, 0.2) is 40.9 Å². The van der Waals surface area contributed by atoms with Crippen molar-refractivity contribution in [3.8, 4) is 24.2 Å². The van der Waals surface area contributed by atoms with Crippen LogP contribution in [0.25, 0.3) is 11.3 Å². The van der Waals surface area contributed by atoms with Gasteiger partial charge in [0.25, 0.3) is 5.91 Å². The fourth-order valence-electron chi connectivity index (χ4n) is 1.83. The summed E-state index contributed by atoms with van der Waals surface area (Å²) < 4.78 is 5.17. The van der Waals surface area contributed by atoms with E-state index in [4.69, 9.17) is 9.63 Å². The zero-order valence-electron chi connectivity index (χ0n) is 12.4. The number of carbonyl (C=O) groups is 1. The second-order valence-electron chi connectivity index (χ2n) is 4.48. The van der Waals surface area contributed by atoms with E-state index < -0.39 is 0 Å². The number of benzene rings is 1. The Labute approximate surface area is 130 Å². The summed E-state index contributed by atoms with van der Waals surface area (Å²) in [5, 5.41) is 15.2. The Kier molecular flexibility index (Phi) is 8.09. The molecule has 2 aromatic rings. The van der Waals surface area contributed by atoms with E-state index in [0.29, 0.717) is 12.3 Å². The second kappa shape index (κ2) is 10.2. The van der Waals surface area contributed by atoms with Crippen molar-refractivity contribution in [2.45, 2.75) is 19.3 Å². The number of aliphatic hydroxyl groups is 1. The number of hydrogen-bond acceptors (Lipinski definition) is 4. The molecule has 0 saturated heterocycles. The molecule has 0 unspecified atom stereocenters. The first-order valence-corrected chi connectivity index (χ1v) is 7.06. The second-order valence-corrected chi connectivity index (χ2v) is 4.48. The number of aliphatic hydroxyl groups excluding tert-OH is 1. The van der Waals surface area contributed by atoms with Crippen molar-refractivity contribution >= 4 is 5.91 Å². The molecule has 0 aliphatic rings. The smallest absolute Gasteiger partial charge is 0.273 e. The largest absolute Gasteiger partial charge is 0.396 e. The van der Waals surface area contributed by atoms with E-state index in [2.05, 4.69) is 23.3 Å². The predicted molar refractivity (Wildman–Crippen MR) is 85.1 cm³/mol. The fourth-order valence-corrected chi connectivity index (χ4v) is 1.83. The number of rotatable bonds is 7. The molecule has 0 spiro atoms. The Morgan fingerprint density at radius 2 is 1.91 bits per heavy atom. The zero-order chi connectivity index (χ0) is 16.2. The lowest BCUT2D eigenvalue weighted by Gasteiger charge is -2.01. The predicted octanol–water partition coefficient (Wildman–Crippen LogP) is 2.48. The van der Waals surface area contributed by atoms with E-state index in [-0.39, 0.29) is 18.2 Å². The van der Waals surface area contributed by atoms with Gasteiger partial charge < -0.3 is 14.9 Å². The summed E-state index contributed by atoms with van der Waals surface area (Å²) in [7, 11) is 0. The van der Waals surface area contributed by atoms with Crippen molar-refractivity contribution in [2.24, 2.45) is 0 Å². The molecule has 1 heterocycles. The first-order chi connectivity index (χ1) is 10.8. The summed E-state index contributed by atoms with van der Waals surface area (Å²) in [5.74, 6) is 0.343. The molecule has 1 amide bonds. The van der Waals surface area contributed by atoms with Gasteiger partial charge in [0.05, 0.1) is 0 Å². The summed E-state index contributed by atoms with van der Waals surface area (Å²) in [6, 6.07) is 11.2. The van der Waals surface area contributed by atoms with Crippen molar-refractivity contribution in [3.05, 3.63) is 42.1 Å². The third-order valence-corrected chi connectivity index (χ3v) is 2.92. The SMILES string of the molecule is C#C.O=C(NCCCCCO)c1cc(-c2ccccc2)on1. The number of amides is 1. The van der Waals surface area contributed by atoms with Crippen LogP contribution in [0.2, 0.25) is 0 Å². The lowest BCUT2D eigenvalue weighted by Crippen LogP contribution is -2.24. The number of hydrogen-bond donors (Lipinski definition) is 2. The lowest BCUT2D eigenvalue weighted by atomic mass is 10.1. The third kappa shape index (κ3) is 5.43. The van der Waals surface area contributed by atoms with Crippen molar-refractivity contribution < 1.29 is 14.4 Å². The summed E-state index contributed by atoms with van der Waals surface area (Å²) in [4.78, 5) is 11.8. The maximum Gasteiger partial charge on any atom is 0.273 e. The van der Waals surface area contributed by atoms with E-state index in [1.807, 2.05) is 30.3 Å². The van der Waals surface area contributed by atoms with Gasteiger partial charge in [0.2, 0.25) is 0 Å². The first kappa shape index (κ1) is 17.5. The van der Waals surface area contributed by atoms with Crippen LogP contribution in [0, 0.1) is 12.8 Å². The molecular weight excluding hydrogens is 280 g/mol. The fraction of sp³-hybridized carbons (Fsp3) is 0.294. The number of nitrogens with zero attached hydrogens (tertiary/aromatic N) is 1. The number of aromatic nitrogens is 1. The summed E-state index contributed by atoms with van der Waals surface area (Å²) in [5.41, 5.74) is 1.17. The van der Waals surface area contributed by atoms with Crippen LogP contribution in [0.5, 0.6) is 0 Å². The highest BCUT2D eigenvalue weighted by molar-refractivity contribution is 5.93. The van der Waals surface area contributed by atoms with Gasteiger partial charge in [-0.05, 0) is 19.3 Å². The summed E-state index contributed by atoms with van der Waals surface area (Å²) in [6.07, 6.45) is 10.5. The molecule has 1 aromatic heterocycles. The molecule has 0 aliphatic carbocycles. The van der Waals surface area contributed by atoms with Crippen molar-refractivity contribution in [2.75, 3.05) is 13.2 Å². The van der Waals surface area contributed by atoms with Crippen LogP contribution >= 0.6 is 0 Å². The van der Waals surface area contributed by atoms with Gasteiger partial charge in [-0.15, -0.1) is 12.8 Å². The molecule has 1 aromatic carbocycles. The van der Waals surface area contributed by atoms with Gasteiger partial charge in [0.15, 0.2) is 11.5 Å². The molecule has 5 heteroatoms. The van der Waals surface area contributed by atoms with Gasteiger partial charge in [-0.1, -0.05) is 35.5 Å². The Morgan fingerprint density at radius 1 is 1.18 bits per heavy atom. The summed E-state index contributed by atoms with van der Waals surface area (Å²) >= 11 is 0. The van der Waals surface area contributed by atoms with Crippen LogP contribution < -0.4 is 5.32 Å². The van der Waals surface area contributed by atoms with Crippen molar-refractivity contribution in [1.82, 2.24) is 10.5 Å². The van der Waals surface area contributed by atoms with Gasteiger partial charge in [-0.3, -0.25) is 4.79 Å². The molecular formula is C17H20N2O3. The Morgan fingerprint density at radius 3 is 2.59 bits per heavy atom. The lowest BCUT2D eigenvalue weighted by molar-refractivity contribution is 0.0944. The molecule has 0 bridgehead atoms. The number of nitrogens with one attached hydrogen (secondary N) is 1. The van der Waals surface area contributed by atoms with E-state index in [9.17, 15) is 4.79 Å². The van der Waals surface area contributed by atoms with Crippen molar-refractivity contribution in [3.63, 3.8) is 0 Å². The van der Waals surface area contributed by atoms with Gasteiger partial charge in [-0.25, -0.2) is 0 Å². The number of terminal acetylenes is 1. The number of carbonyl (C=O) groups excluding carboxylic acids is 1. The zero-order valence-corrected chi connectivity index (χ0v) is 12.4. The molecule has 22 heavy (non-hydrogen) atoms. The standard InChI is InChI=1S/C15H18N2O3.C2H2/c18-10-6-2-5-9-16-15(19)13-11-14(20-17-13)12-7-3-1-4-8-12;1-2/h1,3-4,7-8,11,18H,2,5-6,9-10H2,(H,16,19);1-2H. The molecule has 5 nitrogen and oxygen atoms in total. The normalized spacial score (nSPS) is 9.59. The van der Waals surface area contributed by atoms with Crippen LogP contribution in [-0.2, 0) is 0 Å². The first-order valence-electron chi connectivity index (χ1n) is 7.06. The van der Waals surface area contributed by atoms with E-state index in [1.54, 1.807) is 6.07 Å². The molecule has 0 fully saturated rings. The van der Waals surface area contributed by atoms with E-state index in [0.717, 1.165) is 24.8 Å². The van der Waals surface area contributed by atoms with Gasteiger partial charge in [-0.2, -0.15) is 0 Å². The van der Waals surface area contributed by atoms with Gasteiger partial charge >= 0.3 is 0 Å². The quantitative estimate of drug-likeness (QED) is 0.608. The number of unbranched alkanes of at least 4 members (excludes halogenated alkanes) is 2. The van der Waals surface area contributed by atoms with Crippen LogP contribution in [0.1, 0.15) is 29.8 Å². The highest BCUT2D eigenvalue weighted by Crippen LogP contribution is 2.19. The molecule has 0 atom stereocenters. The molecule has 2 rings (SSSR count). The highest BCUT2D eigenvalue weighted by atomic mass is 16.5. The van der Waals surface area contributed by atoms with Crippen LogP contribution in [-0.4, -0.2) is 29.3 Å². The molecule has 2 N–H and O–H groups in total. The average molecular weight is 300 g/mol. The van der Waals surface area contributed by atoms with Crippen molar-refractivity contribution in [1.29, 1.82) is 0 Å². The van der Waals surface area contributed by atoms with E-state index in [1.165, 1.54) is 0 Å². The Balaban J connectivity index is 0.00000116. The van der Waals surface area contributed by atoms with Crippen LogP contribution in [0.3, 0.4) is 0 Å². The highest BCUT2D eigenvalue weighted by Gasteiger charge is 2.12. The maximum absolute atomic E-state index is 11.8. The summed E-state index contributed by atoms with van der Waals surface area (Å²) in [6.45, 7) is 0.768. The Hall–Kier alpha value is -2.58. The Bertz CT molecular complexity index is 576. The maximum atomic E-state index is 11.8. The molecule has 0 saturated carbocycles. The van der Waals surface area contributed by atoms with E-state index >= 15 is 0 Å². The van der Waals surface area contributed by atoms with Gasteiger partial charge in [0, 0.05) is 24.8 Å². The third-order valence-electron chi connectivity index (χ3n) is 2.92. The average Bonchev–Trinajstić information content (AvgIpc) is 3.07. The molecule has 0 aliphatic heterocycles. The van der Waals surface area contributed by atoms with Crippen LogP contribution in [0.4, 0.5) is 0 Å². The minimum absolute atomic E-state index is 0.192. The monoisotopic (exact) mass is 300 g/mol. The minimum Gasteiger partial charge on any atom is -0.396 e.